The topological polar surface area (TPSA) is 66.0 Å². The van der Waals surface area contributed by atoms with Crippen molar-refractivity contribution in [3.05, 3.63) is 40.4 Å². The summed E-state index contributed by atoms with van der Waals surface area (Å²) < 4.78 is 22.0. The summed E-state index contributed by atoms with van der Waals surface area (Å²) >= 11 is 6.39. The van der Waals surface area contributed by atoms with Crippen LogP contribution < -0.4 is 24.3 Å². The van der Waals surface area contributed by atoms with Gasteiger partial charge in [-0.05, 0) is 44.0 Å². The number of carbonyl (C=O) groups excluding carboxylic acids is 1. The van der Waals surface area contributed by atoms with Crippen molar-refractivity contribution < 1.29 is 23.7 Å². The van der Waals surface area contributed by atoms with Gasteiger partial charge in [-0.15, -0.1) is 0 Å². The summed E-state index contributed by atoms with van der Waals surface area (Å²) in [6, 6.07) is 6.75. The number of methoxy groups -OCH3 is 2. The van der Waals surface area contributed by atoms with E-state index in [0.717, 1.165) is 18.4 Å². The van der Waals surface area contributed by atoms with Crippen LogP contribution in [0.3, 0.4) is 0 Å². The van der Waals surface area contributed by atoms with E-state index in [9.17, 15) is 4.79 Å². The second-order valence-corrected chi connectivity index (χ2v) is 6.80. The number of ether oxygens (including phenoxy) is 4. The van der Waals surface area contributed by atoms with Crippen LogP contribution in [0.25, 0.3) is 0 Å². The van der Waals surface area contributed by atoms with Gasteiger partial charge in [0.15, 0.2) is 23.0 Å². The Morgan fingerprint density at radius 3 is 2.31 bits per heavy atom. The Morgan fingerprint density at radius 1 is 1.00 bits per heavy atom. The fourth-order valence-corrected chi connectivity index (χ4v) is 3.00. The zero-order valence-corrected chi connectivity index (χ0v) is 18.3. The maximum Gasteiger partial charge on any atom is 0.255 e. The molecule has 2 aromatic rings. The number of carbonyl (C=O) groups is 1. The van der Waals surface area contributed by atoms with Gasteiger partial charge in [-0.2, -0.15) is 0 Å². The number of benzene rings is 2. The van der Waals surface area contributed by atoms with Gasteiger partial charge < -0.3 is 24.3 Å². The number of unbranched alkanes of at least 4 members (excludes halogenated alkanes) is 1. The van der Waals surface area contributed by atoms with Crippen LogP contribution in [0.15, 0.2) is 24.3 Å². The molecule has 0 aromatic heterocycles. The summed E-state index contributed by atoms with van der Waals surface area (Å²) in [6.45, 7) is 6.79. The second-order valence-electron chi connectivity index (χ2n) is 6.40. The molecule has 7 heteroatoms. The van der Waals surface area contributed by atoms with Gasteiger partial charge in [-0.1, -0.05) is 24.9 Å². The Morgan fingerprint density at radius 2 is 1.69 bits per heavy atom. The fraction of sp³-hybridized carbons (Fsp3) is 0.409. The van der Waals surface area contributed by atoms with E-state index in [2.05, 4.69) is 12.2 Å². The van der Waals surface area contributed by atoms with Crippen molar-refractivity contribution >= 4 is 23.2 Å². The molecule has 1 amide bonds. The number of hydrogen-bond donors (Lipinski definition) is 1. The molecular weight excluding hydrogens is 394 g/mol. The van der Waals surface area contributed by atoms with Gasteiger partial charge in [0.05, 0.1) is 32.5 Å². The zero-order chi connectivity index (χ0) is 21.4. The lowest BCUT2D eigenvalue weighted by molar-refractivity contribution is 0.102. The van der Waals surface area contributed by atoms with Crippen molar-refractivity contribution in [3.63, 3.8) is 0 Å². The number of halogens is 1. The van der Waals surface area contributed by atoms with Gasteiger partial charge in [0.25, 0.3) is 5.91 Å². The molecule has 0 heterocycles. The van der Waals surface area contributed by atoms with E-state index in [1.54, 1.807) is 38.5 Å². The average Bonchev–Trinajstić information content (AvgIpc) is 2.71. The molecule has 0 saturated carbocycles. The predicted octanol–water partition coefficient (Wildman–Crippen LogP) is 5.50. The smallest absolute Gasteiger partial charge is 0.255 e. The lowest BCUT2D eigenvalue weighted by Crippen LogP contribution is -2.14. The first kappa shape index (κ1) is 22.7. The molecule has 1 N–H and O–H groups in total. The molecule has 0 unspecified atom stereocenters. The Bertz CT molecular complexity index is 854. The standard InChI is InChI=1S/C22H28ClNO5/c1-6-8-9-29-21-16(23)11-15(12-20(21)28-7-2)22(25)24-17-13-19(27-5)18(26-4)10-14(17)3/h10-13H,6-9H2,1-5H3,(H,24,25). The summed E-state index contributed by atoms with van der Waals surface area (Å²) in [5.41, 5.74) is 1.83. The molecule has 29 heavy (non-hydrogen) atoms. The highest BCUT2D eigenvalue weighted by Crippen LogP contribution is 2.38. The predicted molar refractivity (Wildman–Crippen MR) is 115 cm³/mol. The molecule has 0 aliphatic heterocycles. The first-order valence-electron chi connectivity index (χ1n) is 9.58. The SMILES string of the molecule is CCCCOc1c(Cl)cc(C(=O)Nc2cc(OC)c(OC)cc2C)cc1OCC. The minimum Gasteiger partial charge on any atom is -0.493 e. The minimum absolute atomic E-state index is 0.316. The van der Waals surface area contributed by atoms with Gasteiger partial charge in [-0.3, -0.25) is 4.79 Å². The third-order valence-electron chi connectivity index (χ3n) is 4.29. The van der Waals surface area contributed by atoms with Crippen molar-refractivity contribution in [3.8, 4) is 23.0 Å². The number of hydrogen-bond acceptors (Lipinski definition) is 5. The quantitative estimate of drug-likeness (QED) is 0.513. The highest BCUT2D eigenvalue weighted by atomic mass is 35.5. The highest BCUT2D eigenvalue weighted by Gasteiger charge is 2.18. The van der Waals surface area contributed by atoms with E-state index in [-0.39, 0.29) is 5.91 Å². The molecule has 2 rings (SSSR count). The van der Waals surface area contributed by atoms with Crippen molar-refractivity contribution in [2.24, 2.45) is 0 Å². The average molecular weight is 422 g/mol. The molecule has 2 aromatic carbocycles. The van der Waals surface area contributed by atoms with E-state index in [1.807, 2.05) is 13.8 Å². The van der Waals surface area contributed by atoms with Crippen molar-refractivity contribution in [2.45, 2.75) is 33.6 Å². The van der Waals surface area contributed by atoms with Crippen molar-refractivity contribution in [1.82, 2.24) is 0 Å². The second kappa shape index (κ2) is 10.8. The molecule has 0 saturated heterocycles. The van der Waals surface area contributed by atoms with Gasteiger partial charge >= 0.3 is 0 Å². The van der Waals surface area contributed by atoms with Crippen LogP contribution in [-0.4, -0.2) is 33.3 Å². The Labute approximate surface area is 177 Å². The molecule has 0 bridgehead atoms. The molecule has 158 valence electrons. The molecule has 0 radical (unpaired) electrons. The Kier molecular flexibility index (Phi) is 8.46. The van der Waals surface area contributed by atoms with Gasteiger partial charge in [-0.25, -0.2) is 0 Å². The van der Waals surface area contributed by atoms with Crippen LogP contribution in [-0.2, 0) is 0 Å². The summed E-state index contributed by atoms with van der Waals surface area (Å²) in [4.78, 5) is 12.9. The number of rotatable bonds is 10. The molecule has 0 aliphatic rings. The third kappa shape index (κ3) is 5.70. The lowest BCUT2D eigenvalue weighted by atomic mass is 10.1. The molecule has 0 fully saturated rings. The van der Waals surface area contributed by atoms with E-state index >= 15 is 0 Å². The van der Waals surface area contributed by atoms with E-state index in [1.165, 1.54) is 0 Å². The number of aryl methyl sites for hydroxylation is 1. The van der Waals surface area contributed by atoms with Crippen LogP contribution in [0.1, 0.15) is 42.6 Å². The molecule has 0 aliphatic carbocycles. The summed E-state index contributed by atoms with van der Waals surface area (Å²) in [6.07, 6.45) is 1.91. The highest BCUT2D eigenvalue weighted by molar-refractivity contribution is 6.32. The first-order chi connectivity index (χ1) is 13.9. The van der Waals surface area contributed by atoms with Gasteiger partial charge in [0, 0.05) is 17.3 Å². The maximum absolute atomic E-state index is 12.9. The summed E-state index contributed by atoms with van der Waals surface area (Å²) in [5, 5.41) is 3.23. The largest absolute Gasteiger partial charge is 0.493 e. The van der Waals surface area contributed by atoms with Crippen molar-refractivity contribution in [2.75, 3.05) is 32.8 Å². The summed E-state index contributed by atoms with van der Waals surface area (Å²) in [7, 11) is 3.11. The monoisotopic (exact) mass is 421 g/mol. The van der Waals surface area contributed by atoms with Crippen molar-refractivity contribution in [1.29, 1.82) is 0 Å². The normalized spacial score (nSPS) is 10.4. The maximum atomic E-state index is 12.9. The van der Waals surface area contributed by atoms with Gasteiger partial charge in [0.2, 0.25) is 0 Å². The lowest BCUT2D eigenvalue weighted by Gasteiger charge is -2.16. The van der Waals surface area contributed by atoms with E-state index < -0.39 is 0 Å². The zero-order valence-electron chi connectivity index (χ0n) is 17.6. The number of nitrogens with one attached hydrogen (secondary N) is 1. The van der Waals surface area contributed by atoms with Gasteiger partial charge in [0.1, 0.15) is 0 Å². The van der Waals surface area contributed by atoms with Crippen LogP contribution >= 0.6 is 11.6 Å². The molecule has 0 atom stereocenters. The van der Waals surface area contributed by atoms with E-state index in [4.69, 9.17) is 30.5 Å². The molecular formula is C22H28ClNO5. The first-order valence-corrected chi connectivity index (χ1v) is 9.96. The van der Waals surface area contributed by atoms with Crippen LogP contribution in [0.5, 0.6) is 23.0 Å². The fourth-order valence-electron chi connectivity index (χ4n) is 2.73. The molecule has 6 nitrogen and oxygen atoms in total. The van der Waals surface area contributed by atoms with Crippen LogP contribution in [0.4, 0.5) is 5.69 Å². The third-order valence-corrected chi connectivity index (χ3v) is 4.58. The number of amides is 1. The Hall–Kier alpha value is -2.60. The Balaban J connectivity index is 2.31. The molecule has 0 spiro atoms. The van der Waals surface area contributed by atoms with Crippen LogP contribution in [0, 0.1) is 6.92 Å². The van der Waals surface area contributed by atoms with E-state index in [0.29, 0.717) is 52.5 Å². The number of anilines is 1. The summed E-state index contributed by atoms with van der Waals surface area (Å²) in [5.74, 6) is 1.72. The minimum atomic E-state index is -0.316. The van der Waals surface area contributed by atoms with Crippen LogP contribution in [0.2, 0.25) is 5.02 Å².